The van der Waals surface area contributed by atoms with Gasteiger partial charge in [-0.05, 0) is 37.8 Å². The molecule has 0 saturated heterocycles. The predicted octanol–water partition coefficient (Wildman–Crippen LogP) is 8.66. The van der Waals surface area contributed by atoms with E-state index in [9.17, 15) is 9.59 Å². The Bertz CT molecular complexity index is 773. The van der Waals surface area contributed by atoms with Gasteiger partial charge in [0, 0.05) is 20.9 Å². The van der Waals surface area contributed by atoms with Crippen molar-refractivity contribution in [3.05, 3.63) is 31.6 Å². The first-order valence-electron chi connectivity index (χ1n) is 12.0. The maximum atomic E-state index is 12.7. The van der Waals surface area contributed by atoms with Crippen molar-refractivity contribution in [2.24, 2.45) is 0 Å². The first-order valence-corrected chi connectivity index (χ1v) is 13.6. The summed E-state index contributed by atoms with van der Waals surface area (Å²) in [5, 5.41) is 0. The fourth-order valence-electron chi connectivity index (χ4n) is 4.23. The number of fused-ring (bicyclic) bond motifs is 3. The topological polar surface area (TPSA) is 34.1 Å². The average Bonchev–Trinajstić information content (AvgIpc) is 3.36. The van der Waals surface area contributed by atoms with Crippen molar-refractivity contribution >= 4 is 34.2 Å². The van der Waals surface area contributed by atoms with Crippen LogP contribution in [0.1, 0.15) is 120 Å². The molecule has 2 aromatic heterocycles. The number of carbonyl (C=O) groups excluding carboxylic acids is 2. The zero-order chi connectivity index (χ0) is 21.3. The molecule has 0 N–H and O–H groups in total. The highest BCUT2D eigenvalue weighted by Crippen LogP contribution is 2.43. The molecule has 3 rings (SSSR count). The number of hydrogen-bond donors (Lipinski definition) is 0. The van der Waals surface area contributed by atoms with Crippen LogP contribution in [0.25, 0.3) is 11.1 Å². The summed E-state index contributed by atoms with van der Waals surface area (Å²) in [4.78, 5) is 29.2. The van der Waals surface area contributed by atoms with Crippen molar-refractivity contribution in [3.63, 3.8) is 0 Å². The zero-order valence-electron chi connectivity index (χ0n) is 18.7. The van der Waals surface area contributed by atoms with Crippen molar-refractivity contribution < 1.29 is 9.59 Å². The molecule has 0 bridgehead atoms. The first kappa shape index (κ1) is 23.4. The fourth-order valence-corrected chi connectivity index (χ4v) is 6.53. The third-order valence-corrected chi connectivity index (χ3v) is 8.42. The van der Waals surface area contributed by atoms with E-state index in [0.29, 0.717) is 9.75 Å². The van der Waals surface area contributed by atoms with E-state index in [-0.39, 0.29) is 11.6 Å². The lowest BCUT2D eigenvalue weighted by molar-refractivity contribution is 0.0820. The van der Waals surface area contributed by atoms with Crippen LogP contribution in [-0.4, -0.2) is 11.6 Å². The summed E-state index contributed by atoms with van der Waals surface area (Å²) in [6.07, 6.45) is 17.3. The second kappa shape index (κ2) is 12.0. The van der Waals surface area contributed by atoms with Crippen LogP contribution in [0.5, 0.6) is 0 Å². The summed E-state index contributed by atoms with van der Waals surface area (Å²) in [6, 6.07) is 4.38. The molecule has 2 aromatic rings. The Balaban J connectivity index is 1.61. The minimum Gasteiger partial charge on any atom is -0.284 e. The van der Waals surface area contributed by atoms with E-state index in [4.69, 9.17) is 0 Å². The lowest BCUT2D eigenvalue weighted by Crippen LogP contribution is -2.17. The highest BCUT2D eigenvalue weighted by atomic mass is 32.1. The molecule has 0 saturated carbocycles. The summed E-state index contributed by atoms with van der Waals surface area (Å²) in [6.45, 7) is 4.48. The highest BCUT2D eigenvalue weighted by molar-refractivity contribution is 7.19. The Labute approximate surface area is 190 Å². The van der Waals surface area contributed by atoms with Crippen molar-refractivity contribution in [1.82, 2.24) is 0 Å². The Morgan fingerprint density at radius 1 is 0.567 bits per heavy atom. The molecule has 1 aliphatic carbocycles. The van der Waals surface area contributed by atoms with E-state index in [1.54, 1.807) is 22.7 Å². The normalized spacial score (nSPS) is 13.0. The molecule has 4 heteroatoms. The zero-order valence-corrected chi connectivity index (χ0v) is 20.3. The third-order valence-electron chi connectivity index (χ3n) is 6.03. The first-order chi connectivity index (χ1) is 14.7. The van der Waals surface area contributed by atoms with E-state index in [1.165, 1.54) is 86.8 Å². The maximum Gasteiger partial charge on any atom is 0.244 e. The molecule has 0 radical (unpaired) electrons. The minimum atomic E-state index is -0.287. The van der Waals surface area contributed by atoms with Gasteiger partial charge >= 0.3 is 0 Å². The van der Waals surface area contributed by atoms with Crippen molar-refractivity contribution in [2.75, 3.05) is 0 Å². The summed E-state index contributed by atoms with van der Waals surface area (Å²) in [5.41, 5.74) is 2.04. The van der Waals surface area contributed by atoms with E-state index in [2.05, 4.69) is 26.0 Å². The average molecular weight is 445 g/mol. The third kappa shape index (κ3) is 5.91. The molecule has 0 fully saturated rings. The molecule has 0 aromatic carbocycles. The van der Waals surface area contributed by atoms with Crippen LogP contribution in [0.4, 0.5) is 0 Å². The van der Waals surface area contributed by atoms with Gasteiger partial charge < -0.3 is 0 Å². The van der Waals surface area contributed by atoms with Gasteiger partial charge in [-0.15, -0.1) is 22.7 Å². The number of unbranched alkanes of at least 4 members (excludes halogenated alkanes) is 10. The van der Waals surface area contributed by atoms with E-state index < -0.39 is 0 Å². The van der Waals surface area contributed by atoms with Crippen molar-refractivity contribution in [1.29, 1.82) is 0 Å². The van der Waals surface area contributed by atoms with E-state index in [0.717, 1.165) is 24.0 Å². The second-order valence-corrected chi connectivity index (χ2v) is 10.9. The monoisotopic (exact) mass is 444 g/mol. The van der Waals surface area contributed by atoms with Crippen LogP contribution >= 0.6 is 22.7 Å². The number of Topliss-reactive ketones (excluding diaryl/α,β-unsaturated/α-hetero) is 2. The standard InChI is InChI=1S/C26H36O2S2/c1-3-5-7-9-11-13-15-19-17-21-22-18-20(16-14-12-10-8-6-4-2)30-26(22)24(28)23(27)25(21)29-19/h17-18H,3-16H2,1-2H3. The van der Waals surface area contributed by atoms with Gasteiger partial charge in [-0.25, -0.2) is 0 Å². The molecule has 0 unspecified atom stereocenters. The van der Waals surface area contributed by atoms with Crippen LogP contribution in [0.2, 0.25) is 0 Å². The molecule has 1 aliphatic rings. The van der Waals surface area contributed by atoms with Gasteiger partial charge in [0.15, 0.2) is 0 Å². The molecule has 0 amide bonds. The molecule has 2 heterocycles. The molecule has 30 heavy (non-hydrogen) atoms. The number of aryl methyl sites for hydroxylation is 2. The van der Waals surface area contributed by atoms with Gasteiger partial charge in [-0.2, -0.15) is 0 Å². The molecular weight excluding hydrogens is 408 g/mol. The minimum absolute atomic E-state index is 0.287. The van der Waals surface area contributed by atoms with Crippen LogP contribution in [-0.2, 0) is 12.8 Å². The maximum absolute atomic E-state index is 12.7. The van der Waals surface area contributed by atoms with Gasteiger partial charge in [0.2, 0.25) is 11.6 Å². The largest absolute Gasteiger partial charge is 0.284 e. The van der Waals surface area contributed by atoms with Crippen LogP contribution in [0.3, 0.4) is 0 Å². The van der Waals surface area contributed by atoms with Gasteiger partial charge in [-0.1, -0.05) is 78.1 Å². The quantitative estimate of drug-likeness (QED) is 0.216. The summed E-state index contributed by atoms with van der Waals surface area (Å²) in [7, 11) is 0. The summed E-state index contributed by atoms with van der Waals surface area (Å²) < 4.78 is 0. The number of rotatable bonds is 14. The Kier molecular flexibility index (Phi) is 9.32. The smallest absolute Gasteiger partial charge is 0.244 e. The Morgan fingerprint density at radius 3 is 1.33 bits per heavy atom. The molecule has 2 nitrogen and oxygen atoms in total. The lowest BCUT2D eigenvalue weighted by Gasteiger charge is -2.08. The Morgan fingerprint density at radius 2 is 0.933 bits per heavy atom. The summed E-state index contributed by atoms with van der Waals surface area (Å²) in [5.74, 6) is -0.575. The van der Waals surface area contributed by atoms with Crippen molar-refractivity contribution in [3.8, 4) is 11.1 Å². The van der Waals surface area contributed by atoms with Crippen LogP contribution in [0.15, 0.2) is 12.1 Å². The molecule has 0 spiro atoms. The predicted molar refractivity (Wildman–Crippen MR) is 130 cm³/mol. The number of ketones is 2. The van der Waals surface area contributed by atoms with Gasteiger partial charge in [-0.3, -0.25) is 9.59 Å². The van der Waals surface area contributed by atoms with E-state index >= 15 is 0 Å². The fraction of sp³-hybridized carbons (Fsp3) is 0.615. The SMILES string of the molecule is CCCCCCCCc1cc2c(s1)C(=O)C(=O)c1sc(CCCCCCCC)cc1-2. The van der Waals surface area contributed by atoms with Gasteiger partial charge in [0.25, 0.3) is 0 Å². The molecule has 0 aliphatic heterocycles. The van der Waals surface area contributed by atoms with Gasteiger partial charge in [0.1, 0.15) is 0 Å². The molecule has 0 atom stereocenters. The molecular formula is C26H36O2S2. The molecule has 164 valence electrons. The summed E-state index contributed by atoms with van der Waals surface area (Å²) >= 11 is 3.10. The number of carbonyl (C=O) groups is 2. The van der Waals surface area contributed by atoms with Crippen LogP contribution in [0, 0.1) is 0 Å². The number of thiophene rings is 2. The van der Waals surface area contributed by atoms with Gasteiger partial charge in [0.05, 0.1) is 9.75 Å². The highest BCUT2D eigenvalue weighted by Gasteiger charge is 2.34. The van der Waals surface area contributed by atoms with Crippen molar-refractivity contribution in [2.45, 2.75) is 104 Å². The second-order valence-electron chi connectivity index (χ2n) is 8.60. The van der Waals surface area contributed by atoms with Crippen LogP contribution < -0.4 is 0 Å². The number of hydrogen-bond acceptors (Lipinski definition) is 4. The lowest BCUT2D eigenvalue weighted by atomic mass is 9.94. The Hall–Kier alpha value is -1.26. The van der Waals surface area contributed by atoms with E-state index in [1.807, 2.05) is 0 Å².